The van der Waals surface area contributed by atoms with Gasteiger partial charge in [-0.2, -0.15) is 5.06 Å². The zero-order valence-electron chi connectivity index (χ0n) is 52.8. The van der Waals surface area contributed by atoms with Gasteiger partial charge in [-0.25, -0.2) is 0 Å². The summed E-state index contributed by atoms with van der Waals surface area (Å²) in [6, 6.07) is 89.1. The second-order valence-corrected chi connectivity index (χ2v) is 30.2. The average molecular weight is 1210 g/mol. The lowest BCUT2D eigenvalue weighted by molar-refractivity contribution is -0.425. The third-order valence-corrected chi connectivity index (χ3v) is 24.3. The van der Waals surface area contributed by atoms with Crippen molar-refractivity contribution in [2.75, 3.05) is 26.4 Å². The van der Waals surface area contributed by atoms with E-state index in [-0.39, 0.29) is 47.3 Å². The van der Waals surface area contributed by atoms with Gasteiger partial charge in [-0.3, -0.25) is 0 Å². The van der Waals surface area contributed by atoms with E-state index >= 15 is 0 Å². The Morgan fingerprint density at radius 3 is 0.648 bits per heavy atom. The fraction of sp³-hybridized carbons (Fsp3) is 0.422. The molecule has 468 valence electrons. The Morgan fingerprint density at radius 1 is 0.275 bits per heavy atom. The Hall–Kier alpha value is -6.56. The second-order valence-electron chi connectivity index (χ2n) is 30.2. The van der Waals surface area contributed by atoms with Crippen LogP contribution in [0.15, 0.2) is 243 Å². The van der Waals surface area contributed by atoms with Crippen molar-refractivity contribution in [1.82, 2.24) is 10.1 Å². The summed E-state index contributed by atoms with van der Waals surface area (Å²) < 4.78 is 31.1. The van der Waals surface area contributed by atoms with E-state index in [2.05, 4.69) is 248 Å². The first-order chi connectivity index (χ1) is 44.5. The van der Waals surface area contributed by atoms with Crippen molar-refractivity contribution >= 4 is 0 Å². The van der Waals surface area contributed by atoms with E-state index in [1.807, 2.05) is 5.06 Å². The highest BCUT2D eigenvalue weighted by Crippen LogP contribution is 2.66. The molecule has 3 N–H and O–H groups in total. The van der Waals surface area contributed by atoms with Crippen LogP contribution in [-0.2, 0) is 18.9 Å². The molecule has 4 heterocycles. The van der Waals surface area contributed by atoms with Crippen molar-refractivity contribution in [2.45, 2.75) is 184 Å². The number of benzene rings is 8. The lowest BCUT2D eigenvalue weighted by Gasteiger charge is -2.66. The molecule has 0 amide bonds. The van der Waals surface area contributed by atoms with Gasteiger partial charge in [0.2, 0.25) is 0 Å². The van der Waals surface area contributed by atoms with E-state index in [0.717, 1.165) is 77.0 Å². The van der Waals surface area contributed by atoms with Gasteiger partial charge in [-0.15, -0.1) is 0 Å². The summed E-state index contributed by atoms with van der Waals surface area (Å²) in [5, 5.41) is 29.4. The van der Waals surface area contributed by atoms with Crippen molar-refractivity contribution in [2.24, 2.45) is 5.41 Å². The molecule has 91 heavy (non-hydrogen) atoms. The van der Waals surface area contributed by atoms with Crippen LogP contribution in [0.2, 0.25) is 0 Å². The monoisotopic (exact) mass is 1210 g/mol. The maximum Gasteiger partial charge on any atom is 0.172 e. The highest BCUT2D eigenvalue weighted by molar-refractivity contribution is 5.36. The predicted octanol–water partition coefficient (Wildman–Crippen LogP) is 17.6. The molecule has 4 aliphatic carbocycles. The topological polar surface area (TPSA) is 86.5 Å². The lowest BCUT2D eigenvalue weighted by Crippen LogP contribution is -2.74. The van der Waals surface area contributed by atoms with Gasteiger partial charge < -0.3 is 29.4 Å². The summed E-state index contributed by atoms with van der Waals surface area (Å²) >= 11 is 0. The Kier molecular flexibility index (Phi) is 15.7. The fourth-order valence-electron chi connectivity index (χ4n) is 20.5. The molecule has 8 fully saturated rings. The third-order valence-electron chi connectivity index (χ3n) is 24.3. The second kappa shape index (κ2) is 24.1. The Labute approximate surface area is 539 Å². The summed E-state index contributed by atoms with van der Waals surface area (Å²) in [4.78, 5) is 0. The lowest BCUT2D eigenvalue weighted by atomic mass is 9.56. The van der Waals surface area contributed by atoms with Crippen LogP contribution in [0, 0.1) is 5.41 Å². The zero-order chi connectivity index (χ0) is 61.1. The van der Waals surface area contributed by atoms with E-state index in [1.165, 1.54) is 44.5 Å². The largest absolute Gasteiger partial charge is 0.349 e. The Balaban J connectivity index is 0.763. The van der Waals surface area contributed by atoms with Crippen LogP contribution in [-0.4, -0.2) is 80.7 Å². The van der Waals surface area contributed by atoms with Gasteiger partial charge in [-0.1, -0.05) is 248 Å². The molecule has 0 radical (unpaired) electrons. The number of ether oxygens (including phenoxy) is 4. The molecule has 8 aliphatic rings. The fourth-order valence-corrected chi connectivity index (χ4v) is 20.5. The van der Waals surface area contributed by atoms with Gasteiger partial charge in [0.05, 0.1) is 54.0 Å². The van der Waals surface area contributed by atoms with Crippen molar-refractivity contribution in [3.63, 3.8) is 0 Å². The first kappa shape index (κ1) is 59.5. The smallest absolute Gasteiger partial charge is 0.172 e. The first-order valence-corrected chi connectivity index (χ1v) is 34.5. The van der Waals surface area contributed by atoms with Crippen LogP contribution >= 0.6 is 0 Å². The number of hydrogen-bond acceptors (Lipinski definition) is 7. The normalized spacial score (nSPS) is 36.9. The van der Waals surface area contributed by atoms with Crippen LogP contribution in [0.1, 0.15) is 195 Å². The number of nitrogens with zero attached hydrogens (tertiary/aromatic N) is 2. The molecule has 16 rings (SSSR count). The SMILES string of the molecule is ON1C2(CC(c3ccccc3)CC(c3ccccc3)C2)CC2(CC13CC(c1ccccc1)CC(c1ccccc1)C3)OCC1(CO2)COC2(CC3(CC(c4ccccc4)CC(c4ccccc4)C3)N([OH2+])C3(CC(c4ccccc4)CC(c4ccccc4)C3)C2)OC1. The van der Waals surface area contributed by atoms with Crippen LogP contribution in [0.4, 0.5) is 0 Å². The van der Waals surface area contributed by atoms with E-state index in [9.17, 15) is 10.4 Å². The van der Waals surface area contributed by atoms with Gasteiger partial charge in [0.15, 0.2) is 11.6 Å². The quantitative estimate of drug-likeness (QED) is 0.152. The molecule has 4 saturated heterocycles. The maximum atomic E-state index is 14.0. The summed E-state index contributed by atoms with van der Waals surface area (Å²) in [6.07, 6.45) is 13.0. The molecule has 8 aromatic carbocycles. The molecule has 8 atom stereocenters. The van der Waals surface area contributed by atoms with Crippen molar-refractivity contribution in [3.8, 4) is 0 Å². The minimum Gasteiger partial charge on any atom is -0.349 e. The van der Waals surface area contributed by atoms with Crippen molar-refractivity contribution in [3.05, 3.63) is 287 Å². The highest BCUT2D eigenvalue weighted by Gasteiger charge is 2.70. The van der Waals surface area contributed by atoms with E-state index in [1.54, 1.807) is 0 Å². The van der Waals surface area contributed by atoms with Gasteiger partial charge in [0, 0.05) is 25.7 Å². The summed E-state index contributed by atoms with van der Waals surface area (Å²) in [7, 11) is 0. The molecule has 0 aromatic heterocycles. The summed E-state index contributed by atoms with van der Waals surface area (Å²) in [5.74, 6) is -0.130. The molecular weight excluding hydrogens is 1120 g/mol. The van der Waals surface area contributed by atoms with E-state index < -0.39 is 39.1 Å². The summed E-state index contributed by atoms with van der Waals surface area (Å²) in [6.45, 7) is 1.72. The molecule has 8 aromatic rings. The predicted molar refractivity (Wildman–Crippen MR) is 359 cm³/mol. The number of piperidine rings is 2. The standard InChI is InChI=1S/C83H90N2O6/c86-84-78(45-69(61-25-9-1-10-26-61)41-70(46-78)62-27-11-2-12-28-62)53-82(54-79(84)47-71(63-29-13-3-14-30-63)42-72(48-79)64-31-15-4-16-32-64)88-57-77(58-89-82)59-90-83(91-60-77)55-80(49-73(65-33-17-5-18-34-65)43-74(50-80)66-35-19-6-20-36-66)85(87)81(56-83)51-75(67-37-21-7-22-38-67)44-76(52-81)68-39-23-8-24-40-68/h1-40,69-76,86-87H,41-60H2/p+1. The molecule has 8 nitrogen and oxygen atoms in total. The van der Waals surface area contributed by atoms with Crippen LogP contribution in [0.5, 0.6) is 0 Å². The van der Waals surface area contributed by atoms with Crippen LogP contribution < -0.4 is 0 Å². The van der Waals surface area contributed by atoms with Gasteiger partial charge in [0.25, 0.3) is 0 Å². The maximum absolute atomic E-state index is 14.0. The molecule has 0 bridgehead atoms. The highest BCUT2D eigenvalue weighted by atomic mass is 16.7. The van der Waals surface area contributed by atoms with Crippen molar-refractivity contribution in [1.29, 1.82) is 0 Å². The van der Waals surface area contributed by atoms with E-state index in [4.69, 9.17) is 18.9 Å². The minimum absolute atomic E-state index is 0.207. The molecule has 4 aliphatic heterocycles. The Bertz CT molecular complexity index is 3030. The van der Waals surface area contributed by atoms with Crippen LogP contribution in [0.3, 0.4) is 0 Å². The molecule has 7 spiro atoms. The van der Waals surface area contributed by atoms with E-state index in [0.29, 0.717) is 52.1 Å². The molecule has 8 unspecified atom stereocenters. The number of rotatable bonds is 8. The van der Waals surface area contributed by atoms with Gasteiger partial charge in [-0.05, 0) is 169 Å². The van der Waals surface area contributed by atoms with Crippen LogP contribution in [0.25, 0.3) is 0 Å². The third kappa shape index (κ3) is 11.3. The summed E-state index contributed by atoms with van der Waals surface area (Å²) in [5.41, 5.74) is 7.63. The molecule has 4 saturated carbocycles. The molecular formula is C83H91N2O6+. The van der Waals surface area contributed by atoms with Gasteiger partial charge in [0.1, 0.15) is 0 Å². The zero-order valence-corrected chi connectivity index (χ0v) is 52.8. The molecule has 8 heteroatoms. The number of hydroxylamine groups is 4. The minimum atomic E-state index is -0.980. The Morgan fingerprint density at radius 2 is 0.451 bits per heavy atom. The first-order valence-electron chi connectivity index (χ1n) is 34.5. The average Bonchev–Trinajstić information content (AvgIpc) is 0.715. The van der Waals surface area contributed by atoms with Crippen molar-refractivity contribution < 1.29 is 29.4 Å². The number of hydrogen-bond donors (Lipinski definition) is 1. The van der Waals surface area contributed by atoms with Gasteiger partial charge >= 0.3 is 0 Å².